The summed E-state index contributed by atoms with van der Waals surface area (Å²) < 4.78 is 4.62. The molecule has 8 nitrogen and oxygen atoms in total. The molecule has 0 aliphatic rings. The van der Waals surface area contributed by atoms with E-state index in [0.29, 0.717) is 17.1 Å². The molecule has 0 saturated heterocycles. The molecule has 9 heteroatoms. The summed E-state index contributed by atoms with van der Waals surface area (Å²) in [5, 5.41) is 18.5. The number of rotatable bonds is 5. The molecule has 24 heavy (non-hydrogen) atoms. The summed E-state index contributed by atoms with van der Waals surface area (Å²) in [6, 6.07) is 8.27. The number of hydrogen-bond acceptors (Lipinski definition) is 7. The van der Waals surface area contributed by atoms with E-state index in [1.165, 1.54) is 23.2 Å². The van der Waals surface area contributed by atoms with Crippen LogP contribution in [0.4, 0.5) is 5.69 Å². The number of nitrogens with one attached hydrogen (secondary N) is 1. The van der Waals surface area contributed by atoms with Gasteiger partial charge in [0.25, 0.3) is 0 Å². The van der Waals surface area contributed by atoms with Crippen LogP contribution in [0.15, 0.2) is 41.1 Å². The van der Waals surface area contributed by atoms with Crippen molar-refractivity contribution in [3.63, 3.8) is 0 Å². The second kappa shape index (κ2) is 7.01. The van der Waals surface area contributed by atoms with Gasteiger partial charge in [0.15, 0.2) is 0 Å². The number of carbonyl (C=O) groups excluding carboxylic acids is 2. The Labute approximate surface area is 141 Å². The van der Waals surface area contributed by atoms with Crippen molar-refractivity contribution < 1.29 is 14.3 Å². The van der Waals surface area contributed by atoms with Crippen LogP contribution >= 0.6 is 11.3 Å². The number of aromatic nitrogens is 4. The first-order valence-corrected chi connectivity index (χ1v) is 7.88. The van der Waals surface area contributed by atoms with Gasteiger partial charge in [-0.2, -0.15) is 16.1 Å². The number of benzene rings is 1. The average molecular weight is 343 g/mol. The lowest BCUT2D eigenvalue weighted by atomic mass is 10.2. The monoisotopic (exact) mass is 343 g/mol. The van der Waals surface area contributed by atoms with Crippen molar-refractivity contribution in [2.24, 2.45) is 0 Å². The van der Waals surface area contributed by atoms with E-state index in [1.807, 2.05) is 16.8 Å². The van der Waals surface area contributed by atoms with Crippen molar-refractivity contribution in [3.05, 3.63) is 46.7 Å². The molecule has 1 N–H and O–H groups in total. The maximum atomic E-state index is 12.0. The van der Waals surface area contributed by atoms with Crippen LogP contribution in [0.5, 0.6) is 0 Å². The van der Waals surface area contributed by atoms with Crippen LogP contribution in [0, 0.1) is 0 Å². The molecule has 1 amide bonds. The highest BCUT2D eigenvalue weighted by atomic mass is 32.1. The highest BCUT2D eigenvalue weighted by Gasteiger charge is 2.10. The van der Waals surface area contributed by atoms with E-state index < -0.39 is 5.97 Å². The summed E-state index contributed by atoms with van der Waals surface area (Å²) in [5.41, 5.74) is 1.84. The third kappa shape index (κ3) is 3.63. The normalized spacial score (nSPS) is 10.4. The van der Waals surface area contributed by atoms with Crippen LogP contribution in [0.2, 0.25) is 0 Å². The number of thiophene rings is 1. The van der Waals surface area contributed by atoms with E-state index in [0.717, 1.165) is 5.56 Å². The van der Waals surface area contributed by atoms with Gasteiger partial charge >= 0.3 is 5.97 Å². The average Bonchev–Trinajstić information content (AvgIpc) is 3.26. The van der Waals surface area contributed by atoms with E-state index in [1.54, 1.807) is 24.3 Å². The van der Waals surface area contributed by atoms with E-state index in [4.69, 9.17) is 0 Å². The van der Waals surface area contributed by atoms with Crippen molar-refractivity contribution in [1.29, 1.82) is 0 Å². The molecule has 0 atom stereocenters. The zero-order valence-corrected chi connectivity index (χ0v) is 13.5. The zero-order valence-electron chi connectivity index (χ0n) is 12.7. The lowest BCUT2D eigenvalue weighted by Gasteiger charge is -2.05. The van der Waals surface area contributed by atoms with Gasteiger partial charge in [0.2, 0.25) is 11.7 Å². The first-order chi connectivity index (χ1) is 11.7. The first-order valence-electron chi connectivity index (χ1n) is 6.94. The van der Waals surface area contributed by atoms with Gasteiger partial charge < -0.3 is 10.1 Å². The van der Waals surface area contributed by atoms with Crippen LogP contribution in [0.3, 0.4) is 0 Å². The Morgan fingerprint density at radius 2 is 2.04 bits per heavy atom. The molecular weight excluding hydrogens is 330 g/mol. The molecular formula is C15H13N5O3S. The smallest absolute Gasteiger partial charge is 0.337 e. The zero-order chi connectivity index (χ0) is 16.9. The SMILES string of the molecule is COC(=O)c1ccc(NC(=O)Cn2nnc(-c3ccsc3)n2)cc1. The second-order valence-corrected chi connectivity index (χ2v) is 5.55. The van der Waals surface area contributed by atoms with Gasteiger partial charge in [-0.05, 0) is 40.9 Å². The Hall–Kier alpha value is -3.07. The number of nitrogens with zero attached hydrogens (tertiary/aromatic N) is 4. The van der Waals surface area contributed by atoms with E-state index >= 15 is 0 Å². The quantitative estimate of drug-likeness (QED) is 0.710. The molecule has 3 rings (SSSR count). The standard InChI is InChI=1S/C15H13N5O3S/c1-23-15(22)10-2-4-12(5-3-10)16-13(21)8-20-18-14(17-19-20)11-6-7-24-9-11/h2-7,9H,8H2,1H3,(H,16,21). The summed E-state index contributed by atoms with van der Waals surface area (Å²) in [7, 11) is 1.31. The molecule has 0 aliphatic heterocycles. The van der Waals surface area contributed by atoms with Gasteiger partial charge in [0, 0.05) is 16.6 Å². The molecule has 122 valence electrons. The molecule has 0 aliphatic carbocycles. The third-order valence-electron chi connectivity index (χ3n) is 3.11. The van der Waals surface area contributed by atoms with Crippen LogP contribution in [0.1, 0.15) is 10.4 Å². The summed E-state index contributed by atoms with van der Waals surface area (Å²) in [6.07, 6.45) is 0. The number of tetrazole rings is 1. The van der Waals surface area contributed by atoms with Crippen molar-refractivity contribution in [2.45, 2.75) is 6.54 Å². The van der Waals surface area contributed by atoms with Crippen molar-refractivity contribution in [3.8, 4) is 11.4 Å². The fraction of sp³-hybridized carbons (Fsp3) is 0.133. The van der Waals surface area contributed by atoms with Crippen LogP contribution in [0.25, 0.3) is 11.4 Å². The maximum absolute atomic E-state index is 12.0. The van der Waals surface area contributed by atoms with Crippen LogP contribution in [-0.4, -0.2) is 39.2 Å². The van der Waals surface area contributed by atoms with Gasteiger partial charge in [0.05, 0.1) is 12.7 Å². The Morgan fingerprint density at radius 3 is 2.71 bits per heavy atom. The minimum absolute atomic E-state index is 0.0596. The number of esters is 1. The lowest BCUT2D eigenvalue weighted by molar-refractivity contribution is -0.117. The third-order valence-corrected chi connectivity index (χ3v) is 3.79. The minimum Gasteiger partial charge on any atom is -0.465 e. The van der Waals surface area contributed by atoms with Gasteiger partial charge in [-0.25, -0.2) is 4.79 Å². The van der Waals surface area contributed by atoms with Crippen LogP contribution in [-0.2, 0) is 16.1 Å². The van der Waals surface area contributed by atoms with E-state index in [9.17, 15) is 9.59 Å². The summed E-state index contributed by atoms with van der Waals surface area (Å²) in [4.78, 5) is 24.6. The van der Waals surface area contributed by atoms with E-state index in [-0.39, 0.29) is 12.5 Å². The number of amides is 1. The Balaban J connectivity index is 1.60. The largest absolute Gasteiger partial charge is 0.465 e. The minimum atomic E-state index is -0.430. The molecule has 2 heterocycles. The second-order valence-electron chi connectivity index (χ2n) is 4.77. The molecule has 2 aromatic heterocycles. The molecule has 0 bridgehead atoms. The Morgan fingerprint density at radius 1 is 1.25 bits per heavy atom. The number of ether oxygens (including phenoxy) is 1. The van der Waals surface area contributed by atoms with Crippen molar-refractivity contribution in [1.82, 2.24) is 20.2 Å². The predicted octanol–water partition coefficient (Wildman–Crippen LogP) is 1.83. The molecule has 3 aromatic rings. The van der Waals surface area contributed by atoms with Gasteiger partial charge in [-0.3, -0.25) is 4.79 Å². The van der Waals surface area contributed by atoms with Crippen LogP contribution < -0.4 is 5.32 Å². The van der Waals surface area contributed by atoms with Gasteiger partial charge in [-0.1, -0.05) is 0 Å². The fourth-order valence-electron chi connectivity index (χ4n) is 1.95. The summed E-state index contributed by atoms with van der Waals surface area (Å²) >= 11 is 1.53. The van der Waals surface area contributed by atoms with E-state index in [2.05, 4.69) is 25.5 Å². The Kier molecular flexibility index (Phi) is 4.62. The number of methoxy groups -OCH3 is 1. The molecule has 0 spiro atoms. The molecule has 0 saturated carbocycles. The number of anilines is 1. The highest BCUT2D eigenvalue weighted by Crippen LogP contribution is 2.16. The number of carbonyl (C=O) groups is 2. The highest BCUT2D eigenvalue weighted by molar-refractivity contribution is 7.08. The molecule has 0 fully saturated rings. The van der Waals surface area contributed by atoms with Crippen molar-refractivity contribution in [2.75, 3.05) is 12.4 Å². The van der Waals surface area contributed by atoms with Crippen molar-refractivity contribution >= 4 is 28.9 Å². The Bertz CT molecular complexity index is 842. The van der Waals surface area contributed by atoms with Gasteiger partial charge in [0.1, 0.15) is 6.54 Å². The number of hydrogen-bond donors (Lipinski definition) is 1. The fourth-order valence-corrected chi connectivity index (χ4v) is 2.59. The molecule has 1 aromatic carbocycles. The maximum Gasteiger partial charge on any atom is 0.337 e. The first kappa shape index (κ1) is 15.8. The lowest BCUT2D eigenvalue weighted by Crippen LogP contribution is -2.20. The van der Waals surface area contributed by atoms with Gasteiger partial charge in [-0.15, -0.1) is 10.2 Å². The molecule has 0 radical (unpaired) electrons. The summed E-state index contributed by atoms with van der Waals surface area (Å²) in [5.74, 6) is -0.248. The molecule has 0 unspecified atom stereocenters. The summed E-state index contributed by atoms with van der Waals surface area (Å²) in [6.45, 7) is -0.0596. The predicted molar refractivity (Wildman–Crippen MR) is 87.5 cm³/mol. The topological polar surface area (TPSA) is 99.0 Å².